The molecule has 13 nitrogen and oxygen atoms in total. The smallest absolute Gasteiger partial charge is 0.119 e. The highest BCUT2D eigenvalue weighted by Gasteiger charge is 2.58. The van der Waals surface area contributed by atoms with Crippen molar-refractivity contribution in [3.05, 3.63) is 315 Å². The molecule has 20 aromatic rings. The van der Waals surface area contributed by atoms with Crippen LogP contribution in [0.4, 0.5) is 0 Å². The van der Waals surface area contributed by atoms with Crippen LogP contribution in [0.5, 0.6) is 46.0 Å². The van der Waals surface area contributed by atoms with Gasteiger partial charge in [-0.2, -0.15) is 0 Å². The number of aromatic nitrogens is 4. The maximum atomic E-state index is 20.0. The third kappa shape index (κ3) is 9.86. The van der Waals surface area contributed by atoms with Crippen molar-refractivity contribution in [3.63, 3.8) is 0 Å². The number of methoxy groups -OCH3 is 8. The molecule has 2 aliphatic heterocycles. The second-order valence-corrected chi connectivity index (χ2v) is 33.9. The van der Waals surface area contributed by atoms with E-state index in [1.165, 1.54) is 0 Å². The maximum Gasteiger partial charge on any atom is 0.119 e. The monoisotopic (exact) mass is 1560 g/mol. The molecular formula is C104H76N4O9S. The van der Waals surface area contributed by atoms with E-state index in [9.17, 15) is 0 Å². The minimum atomic E-state index is -4.78. The van der Waals surface area contributed by atoms with Crippen LogP contribution < -0.4 is 37.9 Å². The molecule has 0 radical (unpaired) electrons. The summed E-state index contributed by atoms with van der Waals surface area (Å²) in [6.45, 7) is 0. The Kier molecular flexibility index (Phi) is 15.7. The van der Waals surface area contributed by atoms with E-state index in [2.05, 4.69) is 285 Å². The predicted molar refractivity (Wildman–Crippen MR) is 476 cm³/mol. The van der Waals surface area contributed by atoms with Gasteiger partial charge >= 0.3 is 0 Å². The zero-order valence-electron chi connectivity index (χ0n) is 65.9. The van der Waals surface area contributed by atoms with Gasteiger partial charge in [-0.15, -0.1) is 0 Å². The molecular weight excluding hydrogens is 1480 g/mol. The van der Waals surface area contributed by atoms with E-state index in [1.807, 2.05) is 48.5 Å². The van der Waals surface area contributed by atoms with E-state index in [-0.39, 0.29) is 0 Å². The summed E-state index contributed by atoms with van der Waals surface area (Å²) in [6, 6.07) is 111. The fraction of sp³-hybridized carbons (Fsp3) is 0.0769. The first-order valence-corrected chi connectivity index (χ1v) is 41.2. The molecule has 0 unspecified atom stereocenters. The van der Waals surface area contributed by atoms with Crippen LogP contribution >= 0.6 is 0 Å². The van der Waals surface area contributed by atoms with E-state index in [4.69, 9.17) is 37.9 Å². The molecule has 0 bridgehead atoms. The molecule has 1 spiro atoms. The Hall–Kier alpha value is -14.7. The summed E-state index contributed by atoms with van der Waals surface area (Å²) in [6.07, 6.45) is 0. The van der Waals surface area contributed by atoms with Crippen LogP contribution in [0.1, 0.15) is 0 Å². The van der Waals surface area contributed by atoms with Gasteiger partial charge in [-0.05, 0) is 263 Å². The Labute approximate surface area is 679 Å². The first kappa shape index (κ1) is 69.9. The Morgan fingerprint density at radius 2 is 0.356 bits per heavy atom. The summed E-state index contributed by atoms with van der Waals surface area (Å²) in [5, 5.41) is 8.21. The summed E-state index contributed by atoms with van der Waals surface area (Å²) < 4.78 is 76.5. The van der Waals surface area contributed by atoms with Crippen molar-refractivity contribution in [1.29, 1.82) is 0 Å². The number of ether oxygens (including phenoxy) is 8. The normalized spacial score (nSPS) is 13.3. The molecule has 4 aromatic heterocycles. The highest BCUT2D eigenvalue weighted by molar-refractivity contribution is 8.21. The van der Waals surface area contributed by atoms with Crippen molar-refractivity contribution in [1.82, 2.24) is 18.3 Å². The fourth-order valence-electron chi connectivity index (χ4n) is 19.3. The predicted octanol–water partition coefficient (Wildman–Crippen LogP) is 25.1. The SMILES string of the molecule is COc1ccc2c(c1)c1cc(OC)ccc1n2-c1ccccc1-c1ccc2c(c1)-c1cc(-c3ccccc3-n3c4ccc(OC)cc4c4cc(OC)ccc43)ccc1S21(=O)c2ccc(-c3ccccc3-n3c4ccc(OC)cc4c4cc(OC)ccc43)cc2-c2cc(-c3ccccc3-n3c4ccc(OC)cc4c4cc(OC)ccc43)ccc21. The lowest BCUT2D eigenvalue weighted by molar-refractivity contribution is 0.415. The van der Waals surface area contributed by atoms with Crippen LogP contribution in [0.15, 0.2) is 335 Å². The molecule has 0 fully saturated rings. The quantitative estimate of drug-likeness (QED) is 0.0934. The van der Waals surface area contributed by atoms with Gasteiger partial charge in [-0.25, -0.2) is 0 Å². The van der Waals surface area contributed by atoms with Gasteiger partial charge in [-0.3, -0.25) is 4.21 Å². The molecule has 118 heavy (non-hydrogen) atoms. The Morgan fingerprint density at radius 1 is 0.186 bits per heavy atom. The topological polar surface area (TPSA) is 111 Å². The second kappa shape index (κ2) is 26.4. The molecule has 0 N–H and O–H groups in total. The van der Waals surface area contributed by atoms with Crippen LogP contribution in [-0.2, 0) is 9.07 Å². The minimum Gasteiger partial charge on any atom is -0.497 e. The maximum absolute atomic E-state index is 20.0. The molecule has 22 rings (SSSR count). The van der Waals surface area contributed by atoms with Crippen LogP contribution in [-0.4, -0.2) is 79.4 Å². The Morgan fingerprint density at radius 3 is 0.525 bits per heavy atom. The lowest BCUT2D eigenvalue weighted by atomic mass is 9.95. The van der Waals surface area contributed by atoms with Gasteiger partial charge in [0.15, 0.2) is 0 Å². The van der Waals surface area contributed by atoms with Crippen LogP contribution in [0.2, 0.25) is 0 Å². The number of nitrogens with zero attached hydrogens (tertiary/aromatic N) is 4. The van der Waals surface area contributed by atoms with E-state index < -0.39 is 9.07 Å². The third-order valence-corrected chi connectivity index (χ3v) is 29.5. The second-order valence-electron chi connectivity index (χ2n) is 30.3. The number of para-hydroxylation sites is 4. The molecule has 0 saturated carbocycles. The van der Waals surface area contributed by atoms with Crippen molar-refractivity contribution in [2.45, 2.75) is 19.6 Å². The first-order valence-electron chi connectivity index (χ1n) is 39.2. The summed E-state index contributed by atoms with van der Waals surface area (Å²) in [5.41, 5.74) is 23.2. The average Bonchev–Trinajstić information content (AvgIpc) is 1.47. The first-order chi connectivity index (χ1) is 57.9. The number of hydrogen-bond acceptors (Lipinski definition) is 9. The van der Waals surface area contributed by atoms with Gasteiger partial charge in [0, 0.05) is 94.0 Å². The van der Waals surface area contributed by atoms with Crippen molar-refractivity contribution < 1.29 is 42.1 Å². The van der Waals surface area contributed by atoms with Crippen LogP contribution in [0, 0.1) is 0 Å². The summed E-state index contributed by atoms with van der Waals surface area (Å²) in [7, 11) is 8.86. The standard InChI is InChI=1S/C104H76N4O9S/c1-110-65-29-37-93-77(53-65)78-54-66(111-2)30-38-94(78)105(93)89-21-13-9-17-73(89)61-25-45-101-85(49-61)86-50-62(74-18-10-14-22-90(74)106-95-39-31-67(112-3)55-79(95)80-56-68(113-4)32-40-96(80)106)26-46-102(86)118(101,109)103-47-27-63(75-19-11-15-23-91(75)107-97-41-33-69(114-5)57-81(97)82-58-70(115-6)34-42-98(82)107)51-87(103)88-52-64(28-48-104(88)118)76-20-12-16-24-92(76)108-99-43-35-71(116-7)59-83(99)84-60-72(117-8)36-44-100(84)108/h9-60H,1-8H3. The van der Waals surface area contributed by atoms with Gasteiger partial charge in [0.25, 0.3) is 0 Å². The molecule has 16 aromatic carbocycles. The average molecular weight is 1560 g/mol. The summed E-state index contributed by atoms with van der Waals surface area (Å²) in [5.74, 6) is 6.03. The van der Waals surface area contributed by atoms with E-state index >= 15 is 4.21 Å². The molecule has 0 atom stereocenters. The highest BCUT2D eigenvalue weighted by atomic mass is 32.3. The fourth-order valence-corrected chi connectivity index (χ4v) is 24.4. The highest BCUT2D eigenvalue weighted by Crippen LogP contribution is 2.72. The lowest BCUT2D eigenvalue weighted by Crippen LogP contribution is -2.30. The van der Waals surface area contributed by atoms with Crippen molar-refractivity contribution >= 4 is 96.3 Å². The lowest BCUT2D eigenvalue weighted by Gasteiger charge is -2.39. The zero-order chi connectivity index (χ0) is 79.6. The van der Waals surface area contributed by atoms with E-state index in [1.54, 1.807) is 56.9 Å². The van der Waals surface area contributed by atoms with Gasteiger partial charge in [0.05, 0.1) is 124 Å². The van der Waals surface area contributed by atoms with Crippen LogP contribution in [0.3, 0.4) is 0 Å². The molecule has 6 heterocycles. The van der Waals surface area contributed by atoms with Crippen LogP contribution in [0.25, 0.3) is 177 Å². The van der Waals surface area contributed by atoms with Gasteiger partial charge in [0.2, 0.25) is 0 Å². The Balaban J connectivity index is 0.817. The largest absolute Gasteiger partial charge is 0.497 e. The van der Waals surface area contributed by atoms with E-state index in [0.717, 1.165) is 242 Å². The van der Waals surface area contributed by atoms with E-state index in [0.29, 0.717) is 0 Å². The van der Waals surface area contributed by atoms with Crippen molar-refractivity contribution in [2.75, 3.05) is 56.9 Å². The van der Waals surface area contributed by atoms with Gasteiger partial charge in [0.1, 0.15) is 46.0 Å². The summed E-state index contributed by atoms with van der Waals surface area (Å²) in [4.78, 5) is 2.92. The third-order valence-electron chi connectivity index (χ3n) is 24.7. The van der Waals surface area contributed by atoms with Gasteiger partial charge < -0.3 is 56.2 Å². The summed E-state index contributed by atoms with van der Waals surface area (Å²) >= 11 is 0. The minimum absolute atomic E-state index is 0.730. The number of fused-ring (bicyclic) bond motifs is 22. The number of rotatable bonds is 16. The Bertz CT molecular complexity index is 6630. The van der Waals surface area contributed by atoms with Gasteiger partial charge in [-0.1, -0.05) is 97.1 Å². The molecule has 572 valence electrons. The molecule has 2 aliphatic rings. The molecule has 0 saturated heterocycles. The number of hydrogen-bond donors (Lipinski definition) is 0. The molecule has 0 aliphatic carbocycles. The van der Waals surface area contributed by atoms with Crippen molar-refractivity contribution in [3.8, 4) is 136 Å². The number of benzene rings is 16. The van der Waals surface area contributed by atoms with Crippen molar-refractivity contribution in [2.24, 2.45) is 0 Å². The zero-order valence-corrected chi connectivity index (χ0v) is 66.7. The molecule has 14 heteroatoms. The molecule has 0 amide bonds.